The quantitative estimate of drug-likeness (QED) is 0.705. The highest BCUT2D eigenvalue weighted by atomic mass is 79.9. The van der Waals surface area contributed by atoms with Crippen LogP contribution in [0.1, 0.15) is 44.1 Å². The second-order valence-electron chi connectivity index (χ2n) is 5.62. The van der Waals surface area contributed by atoms with Gasteiger partial charge >= 0.3 is 0 Å². The molecule has 1 N–H and O–H groups in total. The van der Waals surface area contributed by atoms with E-state index in [0.717, 1.165) is 36.3 Å². The summed E-state index contributed by atoms with van der Waals surface area (Å²) in [7, 11) is 1.70. The molecule has 118 valence electrons. The number of hydrogen-bond acceptors (Lipinski definition) is 3. The zero-order valence-corrected chi connectivity index (χ0v) is 14.5. The molecule has 2 rings (SSSR count). The van der Waals surface area contributed by atoms with Crippen molar-refractivity contribution < 1.29 is 9.47 Å². The maximum Gasteiger partial charge on any atom is 0.119 e. The molecular formula is C17H26BrNO2. The molecule has 1 aliphatic carbocycles. The predicted octanol–water partition coefficient (Wildman–Crippen LogP) is 4.29. The molecule has 21 heavy (non-hydrogen) atoms. The molecule has 4 heteroatoms. The Kier molecular flexibility index (Phi) is 7.54. The monoisotopic (exact) mass is 355 g/mol. The third-order valence-electron chi connectivity index (χ3n) is 3.97. The lowest BCUT2D eigenvalue weighted by atomic mass is 9.98. The van der Waals surface area contributed by atoms with E-state index in [9.17, 15) is 0 Å². The van der Waals surface area contributed by atoms with Gasteiger partial charge in [-0.2, -0.15) is 0 Å². The van der Waals surface area contributed by atoms with Crippen molar-refractivity contribution in [3.05, 3.63) is 28.2 Å². The summed E-state index contributed by atoms with van der Waals surface area (Å²) in [6, 6.07) is 6.06. The second kappa shape index (κ2) is 9.44. The number of benzene rings is 1. The molecule has 0 aromatic heterocycles. The van der Waals surface area contributed by atoms with Gasteiger partial charge in [0.2, 0.25) is 0 Å². The van der Waals surface area contributed by atoms with E-state index in [1.165, 1.54) is 37.7 Å². The molecule has 3 nitrogen and oxygen atoms in total. The predicted molar refractivity (Wildman–Crippen MR) is 89.8 cm³/mol. The van der Waals surface area contributed by atoms with Crippen LogP contribution in [0.15, 0.2) is 22.7 Å². The van der Waals surface area contributed by atoms with Gasteiger partial charge in [-0.25, -0.2) is 0 Å². The largest absolute Gasteiger partial charge is 0.497 e. The summed E-state index contributed by atoms with van der Waals surface area (Å²) < 4.78 is 12.3. The zero-order chi connectivity index (χ0) is 14.9. The molecule has 1 fully saturated rings. The first-order chi connectivity index (χ1) is 10.3. The van der Waals surface area contributed by atoms with E-state index in [0.29, 0.717) is 6.10 Å². The molecule has 0 amide bonds. The fourth-order valence-corrected chi connectivity index (χ4v) is 3.10. The Labute approximate surface area is 136 Å². The van der Waals surface area contributed by atoms with Crippen LogP contribution in [0, 0.1) is 0 Å². The van der Waals surface area contributed by atoms with Gasteiger partial charge in [0, 0.05) is 17.6 Å². The summed E-state index contributed by atoms with van der Waals surface area (Å²) in [6.45, 7) is 2.70. The number of nitrogens with one attached hydrogen (secondary N) is 1. The van der Waals surface area contributed by atoms with Crippen molar-refractivity contribution in [2.75, 3.05) is 20.3 Å². The van der Waals surface area contributed by atoms with Crippen molar-refractivity contribution in [3.63, 3.8) is 0 Å². The maximum absolute atomic E-state index is 5.93. The van der Waals surface area contributed by atoms with Crippen LogP contribution in [-0.2, 0) is 11.3 Å². The van der Waals surface area contributed by atoms with Crippen molar-refractivity contribution >= 4 is 15.9 Å². The molecule has 0 unspecified atom stereocenters. The molecule has 0 spiro atoms. The van der Waals surface area contributed by atoms with E-state index in [-0.39, 0.29) is 0 Å². The highest BCUT2D eigenvalue weighted by Crippen LogP contribution is 2.22. The Morgan fingerprint density at radius 3 is 2.81 bits per heavy atom. The van der Waals surface area contributed by atoms with Crippen molar-refractivity contribution in [2.24, 2.45) is 0 Å². The van der Waals surface area contributed by atoms with Crippen LogP contribution in [0.3, 0.4) is 0 Å². The van der Waals surface area contributed by atoms with Gasteiger partial charge in [0.05, 0.1) is 13.2 Å². The fourth-order valence-electron chi connectivity index (χ4n) is 2.72. The van der Waals surface area contributed by atoms with Gasteiger partial charge < -0.3 is 14.8 Å². The summed E-state index contributed by atoms with van der Waals surface area (Å²) in [5, 5.41) is 3.47. The van der Waals surface area contributed by atoms with Crippen molar-refractivity contribution in [1.82, 2.24) is 5.32 Å². The van der Waals surface area contributed by atoms with E-state index < -0.39 is 0 Å². The summed E-state index contributed by atoms with van der Waals surface area (Å²) in [5.74, 6) is 0.899. The number of ether oxygens (including phenoxy) is 2. The minimum atomic E-state index is 0.520. The maximum atomic E-state index is 5.93. The smallest absolute Gasteiger partial charge is 0.119 e. The summed E-state index contributed by atoms with van der Waals surface area (Å²) >= 11 is 3.57. The van der Waals surface area contributed by atoms with Crippen LogP contribution < -0.4 is 10.1 Å². The first kappa shape index (κ1) is 16.8. The lowest BCUT2D eigenvalue weighted by Gasteiger charge is -2.21. The van der Waals surface area contributed by atoms with Gasteiger partial charge in [-0.1, -0.05) is 35.2 Å². The van der Waals surface area contributed by atoms with Crippen LogP contribution in [-0.4, -0.2) is 26.4 Å². The Morgan fingerprint density at radius 1 is 1.24 bits per heavy atom. The van der Waals surface area contributed by atoms with Gasteiger partial charge in [0.15, 0.2) is 0 Å². The van der Waals surface area contributed by atoms with Crippen LogP contribution in [0.2, 0.25) is 0 Å². The standard InChI is InChI=1S/C17H26BrNO2/c1-20-16-8-9-17(18)14(12-16)13-19-10-5-11-21-15-6-3-2-4-7-15/h8-9,12,15,19H,2-7,10-11,13H2,1H3. The summed E-state index contributed by atoms with van der Waals surface area (Å²) in [4.78, 5) is 0. The van der Waals surface area contributed by atoms with Gasteiger partial charge in [-0.3, -0.25) is 0 Å². The highest BCUT2D eigenvalue weighted by molar-refractivity contribution is 9.10. The van der Waals surface area contributed by atoms with Gasteiger partial charge in [0.1, 0.15) is 5.75 Å². The third kappa shape index (κ3) is 5.97. The average Bonchev–Trinajstić information content (AvgIpc) is 2.53. The van der Waals surface area contributed by atoms with Crippen molar-refractivity contribution in [1.29, 1.82) is 0 Å². The first-order valence-corrected chi connectivity index (χ1v) is 8.73. The van der Waals surface area contributed by atoms with E-state index in [2.05, 4.69) is 27.3 Å². The fraction of sp³-hybridized carbons (Fsp3) is 0.647. The normalized spacial score (nSPS) is 16.1. The molecule has 1 saturated carbocycles. The molecule has 0 aliphatic heterocycles. The zero-order valence-electron chi connectivity index (χ0n) is 12.9. The second-order valence-corrected chi connectivity index (χ2v) is 6.47. The summed E-state index contributed by atoms with van der Waals surface area (Å²) in [6.07, 6.45) is 8.16. The van der Waals surface area contributed by atoms with Gasteiger partial charge in [-0.15, -0.1) is 0 Å². The average molecular weight is 356 g/mol. The number of halogens is 1. The number of methoxy groups -OCH3 is 1. The molecular weight excluding hydrogens is 330 g/mol. The Bertz CT molecular complexity index is 419. The Morgan fingerprint density at radius 2 is 2.05 bits per heavy atom. The molecule has 0 heterocycles. The highest BCUT2D eigenvalue weighted by Gasteiger charge is 2.12. The van der Waals surface area contributed by atoms with Crippen LogP contribution in [0.4, 0.5) is 0 Å². The molecule has 0 atom stereocenters. The van der Waals surface area contributed by atoms with E-state index in [1.807, 2.05) is 12.1 Å². The topological polar surface area (TPSA) is 30.5 Å². The van der Waals surface area contributed by atoms with E-state index in [4.69, 9.17) is 9.47 Å². The number of hydrogen-bond donors (Lipinski definition) is 1. The lowest BCUT2D eigenvalue weighted by molar-refractivity contribution is 0.0273. The summed E-state index contributed by atoms with van der Waals surface area (Å²) in [5.41, 5.74) is 1.22. The minimum Gasteiger partial charge on any atom is -0.497 e. The first-order valence-electron chi connectivity index (χ1n) is 7.94. The number of rotatable bonds is 8. The molecule has 1 aliphatic rings. The molecule has 0 bridgehead atoms. The molecule has 0 saturated heterocycles. The minimum absolute atomic E-state index is 0.520. The van der Waals surface area contributed by atoms with Crippen LogP contribution in [0.5, 0.6) is 5.75 Å². The van der Waals surface area contributed by atoms with E-state index >= 15 is 0 Å². The van der Waals surface area contributed by atoms with Gasteiger partial charge in [-0.05, 0) is 49.6 Å². The van der Waals surface area contributed by atoms with Crippen molar-refractivity contribution in [3.8, 4) is 5.75 Å². The Hall–Kier alpha value is -0.580. The van der Waals surface area contributed by atoms with Crippen LogP contribution >= 0.6 is 15.9 Å². The van der Waals surface area contributed by atoms with E-state index in [1.54, 1.807) is 7.11 Å². The van der Waals surface area contributed by atoms with Crippen LogP contribution in [0.25, 0.3) is 0 Å². The molecule has 1 aromatic carbocycles. The molecule has 1 aromatic rings. The van der Waals surface area contributed by atoms with Gasteiger partial charge in [0.25, 0.3) is 0 Å². The Balaban J connectivity index is 1.59. The van der Waals surface area contributed by atoms with Crippen molar-refractivity contribution in [2.45, 2.75) is 51.2 Å². The third-order valence-corrected chi connectivity index (χ3v) is 4.75. The SMILES string of the molecule is COc1ccc(Br)c(CNCCCOC2CCCCC2)c1. The molecule has 0 radical (unpaired) electrons. The lowest BCUT2D eigenvalue weighted by Crippen LogP contribution is -2.20.